The van der Waals surface area contributed by atoms with Gasteiger partial charge in [-0.05, 0) is 38.4 Å². The van der Waals surface area contributed by atoms with Gasteiger partial charge in [-0.15, -0.1) is 0 Å². The second-order valence-corrected chi connectivity index (χ2v) is 6.01. The van der Waals surface area contributed by atoms with Crippen molar-refractivity contribution in [2.45, 2.75) is 52.8 Å². The summed E-state index contributed by atoms with van der Waals surface area (Å²) in [4.78, 5) is 1.34. The maximum absolute atomic E-state index is 12.2. The molecule has 0 aliphatic carbocycles. The van der Waals surface area contributed by atoms with E-state index in [1.807, 2.05) is 0 Å². The van der Waals surface area contributed by atoms with E-state index in [4.69, 9.17) is 0 Å². The maximum Gasteiger partial charge on any atom is 0.401 e. The van der Waals surface area contributed by atoms with E-state index in [-0.39, 0.29) is 11.5 Å². The summed E-state index contributed by atoms with van der Waals surface area (Å²) in [5, 5.41) is 3.42. The molecular weight excluding hydrogens is 241 g/mol. The molecule has 1 unspecified atom stereocenters. The highest BCUT2D eigenvalue weighted by atomic mass is 19.4. The zero-order valence-corrected chi connectivity index (χ0v) is 12.2. The van der Waals surface area contributed by atoms with Crippen molar-refractivity contribution in [3.05, 3.63) is 0 Å². The third-order valence-corrected chi connectivity index (χ3v) is 2.93. The Labute approximate surface area is 109 Å². The van der Waals surface area contributed by atoms with Crippen molar-refractivity contribution < 1.29 is 13.2 Å². The molecule has 0 aliphatic heterocycles. The van der Waals surface area contributed by atoms with Crippen LogP contribution in [0.3, 0.4) is 0 Å². The minimum absolute atomic E-state index is 0.0637. The first-order valence-corrected chi connectivity index (χ1v) is 6.55. The highest BCUT2D eigenvalue weighted by Crippen LogP contribution is 2.22. The molecule has 0 saturated heterocycles. The minimum atomic E-state index is -4.11. The van der Waals surface area contributed by atoms with Gasteiger partial charge in [0.1, 0.15) is 0 Å². The lowest BCUT2D eigenvalue weighted by molar-refractivity contribution is -0.143. The van der Waals surface area contributed by atoms with Gasteiger partial charge in [-0.1, -0.05) is 27.7 Å². The number of hydrogen-bond acceptors (Lipinski definition) is 2. The fourth-order valence-corrected chi connectivity index (χ4v) is 1.89. The van der Waals surface area contributed by atoms with Crippen molar-refractivity contribution in [1.82, 2.24) is 10.2 Å². The molecule has 1 atom stereocenters. The van der Waals surface area contributed by atoms with E-state index < -0.39 is 12.7 Å². The maximum atomic E-state index is 12.2. The lowest BCUT2D eigenvalue weighted by atomic mass is 9.84. The Morgan fingerprint density at radius 3 is 2.11 bits per heavy atom. The summed E-state index contributed by atoms with van der Waals surface area (Å²) in [5.74, 6) is 0. The van der Waals surface area contributed by atoms with Crippen LogP contribution >= 0.6 is 0 Å². The summed E-state index contributed by atoms with van der Waals surface area (Å²) < 4.78 is 36.6. The number of nitrogens with one attached hydrogen (secondary N) is 1. The molecule has 0 aromatic heterocycles. The molecule has 2 nitrogen and oxygen atoms in total. The lowest BCUT2D eigenvalue weighted by Crippen LogP contribution is -2.43. The molecule has 18 heavy (non-hydrogen) atoms. The van der Waals surface area contributed by atoms with Crippen molar-refractivity contribution in [3.8, 4) is 0 Å². The normalized spacial score (nSPS) is 15.2. The lowest BCUT2D eigenvalue weighted by Gasteiger charge is -2.33. The van der Waals surface area contributed by atoms with Gasteiger partial charge in [-0.25, -0.2) is 0 Å². The number of nitrogens with zero attached hydrogens (tertiary/aromatic N) is 1. The summed E-state index contributed by atoms with van der Waals surface area (Å²) in [7, 11) is 1.52. The van der Waals surface area contributed by atoms with Crippen molar-refractivity contribution in [3.63, 3.8) is 0 Å². The molecular formula is C13H27F3N2. The van der Waals surface area contributed by atoms with Crippen LogP contribution in [0.2, 0.25) is 0 Å². The highest BCUT2D eigenvalue weighted by molar-refractivity contribution is 4.81. The summed E-state index contributed by atoms with van der Waals surface area (Å²) in [6, 6.07) is 0.244. The van der Waals surface area contributed by atoms with E-state index in [9.17, 15) is 13.2 Å². The Bertz CT molecular complexity index is 221. The average molecular weight is 268 g/mol. The number of halogens is 3. The van der Waals surface area contributed by atoms with Crippen LogP contribution in [0.4, 0.5) is 13.2 Å². The Kier molecular flexibility index (Phi) is 7.22. The second kappa shape index (κ2) is 7.34. The molecule has 110 valence electrons. The number of hydrogen-bond donors (Lipinski definition) is 1. The van der Waals surface area contributed by atoms with Crippen LogP contribution in [-0.2, 0) is 0 Å². The molecule has 0 spiro atoms. The molecule has 0 aliphatic rings. The molecule has 1 N–H and O–H groups in total. The minimum Gasteiger partial charge on any atom is -0.313 e. The third-order valence-electron chi connectivity index (χ3n) is 2.93. The van der Waals surface area contributed by atoms with Gasteiger partial charge < -0.3 is 5.32 Å². The Morgan fingerprint density at radius 1 is 1.17 bits per heavy atom. The summed E-state index contributed by atoms with van der Waals surface area (Å²) in [6.07, 6.45) is -2.34. The molecule has 0 heterocycles. The van der Waals surface area contributed by atoms with Crippen molar-refractivity contribution in [1.29, 1.82) is 0 Å². The van der Waals surface area contributed by atoms with E-state index in [0.717, 1.165) is 19.4 Å². The quantitative estimate of drug-likeness (QED) is 0.762. The molecule has 0 aromatic rings. The molecule has 0 rings (SSSR count). The van der Waals surface area contributed by atoms with Crippen LogP contribution in [0.15, 0.2) is 0 Å². The van der Waals surface area contributed by atoms with E-state index in [0.29, 0.717) is 6.54 Å². The molecule has 0 radical (unpaired) electrons. The molecule has 0 fully saturated rings. The molecule has 0 amide bonds. The monoisotopic (exact) mass is 268 g/mol. The van der Waals surface area contributed by atoms with Gasteiger partial charge in [0.05, 0.1) is 6.54 Å². The van der Waals surface area contributed by atoms with Crippen molar-refractivity contribution in [2.75, 3.05) is 26.7 Å². The predicted octanol–water partition coefficient (Wildman–Crippen LogP) is 3.28. The van der Waals surface area contributed by atoms with Crippen molar-refractivity contribution >= 4 is 0 Å². The smallest absolute Gasteiger partial charge is 0.313 e. The predicted molar refractivity (Wildman–Crippen MR) is 69.7 cm³/mol. The van der Waals surface area contributed by atoms with Gasteiger partial charge in [-0.2, -0.15) is 13.2 Å². The van der Waals surface area contributed by atoms with Crippen LogP contribution in [0.25, 0.3) is 0 Å². The zero-order valence-electron chi connectivity index (χ0n) is 12.2. The van der Waals surface area contributed by atoms with E-state index in [2.05, 4.69) is 33.0 Å². The molecule has 0 saturated carbocycles. The third kappa shape index (κ3) is 8.75. The Hall–Kier alpha value is -0.290. The van der Waals surface area contributed by atoms with Crippen LogP contribution in [0, 0.1) is 5.41 Å². The van der Waals surface area contributed by atoms with Gasteiger partial charge in [0.25, 0.3) is 0 Å². The van der Waals surface area contributed by atoms with Crippen molar-refractivity contribution in [2.24, 2.45) is 5.41 Å². The zero-order chi connectivity index (χ0) is 14.4. The largest absolute Gasteiger partial charge is 0.401 e. The topological polar surface area (TPSA) is 15.3 Å². The summed E-state index contributed by atoms with van der Waals surface area (Å²) >= 11 is 0. The SMILES string of the molecule is CCCNC(CCN(C)CC(F)(F)F)C(C)(C)C. The van der Waals surface area contributed by atoms with Gasteiger partial charge >= 0.3 is 6.18 Å². The first-order chi connectivity index (χ1) is 8.06. The average Bonchev–Trinajstić information content (AvgIpc) is 2.12. The fraction of sp³-hybridized carbons (Fsp3) is 1.00. The standard InChI is InChI=1S/C13H27F3N2/c1-6-8-17-11(12(2,3)4)7-9-18(5)10-13(14,15)16/h11,17H,6-10H2,1-5H3. The van der Waals surface area contributed by atoms with Gasteiger partial charge in [0.15, 0.2) is 0 Å². The molecule has 5 heteroatoms. The van der Waals surface area contributed by atoms with Crippen LogP contribution in [0.1, 0.15) is 40.5 Å². The first-order valence-electron chi connectivity index (χ1n) is 6.55. The fourth-order valence-electron chi connectivity index (χ4n) is 1.89. The van der Waals surface area contributed by atoms with Gasteiger partial charge in [0.2, 0.25) is 0 Å². The highest BCUT2D eigenvalue weighted by Gasteiger charge is 2.30. The van der Waals surface area contributed by atoms with Crippen LogP contribution in [0.5, 0.6) is 0 Å². The van der Waals surface area contributed by atoms with E-state index in [1.165, 1.54) is 11.9 Å². The molecule has 0 bridgehead atoms. The summed E-state index contributed by atoms with van der Waals surface area (Å²) in [6.45, 7) is 8.96. The van der Waals surface area contributed by atoms with Gasteiger partial charge in [-0.3, -0.25) is 4.90 Å². The van der Waals surface area contributed by atoms with E-state index >= 15 is 0 Å². The Balaban J connectivity index is 4.18. The summed E-state index contributed by atoms with van der Waals surface area (Å²) in [5.41, 5.74) is 0.0637. The van der Waals surface area contributed by atoms with Crippen LogP contribution in [-0.4, -0.2) is 43.8 Å². The Morgan fingerprint density at radius 2 is 1.72 bits per heavy atom. The number of alkyl halides is 3. The van der Waals surface area contributed by atoms with Crippen LogP contribution < -0.4 is 5.32 Å². The molecule has 0 aromatic carbocycles. The van der Waals surface area contributed by atoms with E-state index in [1.54, 1.807) is 0 Å². The number of rotatable bonds is 7. The second-order valence-electron chi connectivity index (χ2n) is 6.01. The van der Waals surface area contributed by atoms with Gasteiger partial charge in [0, 0.05) is 6.04 Å². The first kappa shape index (κ1) is 17.7.